The average molecular weight is 645 g/mol. The van der Waals surface area contributed by atoms with Gasteiger partial charge in [-0.2, -0.15) is 26.3 Å². The molecule has 0 aliphatic carbocycles. The van der Waals surface area contributed by atoms with E-state index in [1.54, 1.807) is 38.1 Å². The van der Waals surface area contributed by atoms with Crippen LogP contribution in [0.2, 0.25) is 0 Å². The molecule has 2 N–H and O–H groups in total. The summed E-state index contributed by atoms with van der Waals surface area (Å²) in [6.45, 7) is 9.53. The minimum Gasteiger partial charge on any atom is -0.491 e. The number of carbonyl (C=O) groups excluding carboxylic acids is 2. The number of urea groups is 1. The first-order valence-corrected chi connectivity index (χ1v) is 14.8. The molecule has 2 aliphatic rings. The number of aryl methyl sites for hydroxylation is 1. The highest BCUT2D eigenvalue weighted by Crippen LogP contribution is 2.50. The third kappa shape index (κ3) is 6.71. The number of amides is 3. The maximum atomic E-state index is 13.5. The summed E-state index contributed by atoms with van der Waals surface area (Å²) >= 11 is 0. The molecule has 0 aromatic heterocycles. The van der Waals surface area contributed by atoms with Crippen LogP contribution in [0, 0.1) is 0 Å². The maximum absolute atomic E-state index is 13.5. The Labute approximate surface area is 257 Å². The molecule has 3 amide bonds. The van der Waals surface area contributed by atoms with Crippen LogP contribution in [0.15, 0.2) is 42.5 Å². The van der Waals surface area contributed by atoms with E-state index in [2.05, 4.69) is 5.32 Å². The minimum atomic E-state index is -5.96. The second-order valence-electron chi connectivity index (χ2n) is 11.8. The van der Waals surface area contributed by atoms with Crippen LogP contribution >= 0.6 is 0 Å². The number of nitrogens with one attached hydrogen (secondary N) is 1. The van der Waals surface area contributed by atoms with E-state index in [-0.39, 0.29) is 30.5 Å². The molecule has 2 heterocycles. The summed E-state index contributed by atoms with van der Waals surface area (Å²) in [5.41, 5.74) is -6.10. The van der Waals surface area contributed by atoms with Gasteiger partial charge in [0, 0.05) is 50.5 Å². The third-order valence-corrected chi connectivity index (χ3v) is 8.27. The number of ether oxygens (including phenoxy) is 1. The Morgan fingerprint density at radius 1 is 0.933 bits per heavy atom. The van der Waals surface area contributed by atoms with Crippen molar-refractivity contribution in [3.8, 4) is 5.75 Å². The lowest BCUT2D eigenvalue weighted by Crippen LogP contribution is -2.54. The highest BCUT2D eigenvalue weighted by atomic mass is 19.4. The van der Waals surface area contributed by atoms with Crippen LogP contribution in [0.5, 0.6) is 5.75 Å². The molecule has 0 spiro atoms. The van der Waals surface area contributed by atoms with Gasteiger partial charge in [0.25, 0.3) is 11.5 Å². The first kappa shape index (κ1) is 34.4. The van der Waals surface area contributed by atoms with Gasteiger partial charge in [-0.25, -0.2) is 4.79 Å². The monoisotopic (exact) mass is 644 g/mol. The number of nitrogens with zero attached hydrogens (tertiary/aromatic N) is 3. The van der Waals surface area contributed by atoms with Crippen molar-refractivity contribution < 1.29 is 45.8 Å². The second-order valence-corrected chi connectivity index (χ2v) is 11.8. The summed E-state index contributed by atoms with van der Waals surface area (Å²) in [6.07, 6.45) is -11.3. The molecule has 1 unspecified atom stereocenters. The molecule has 0 radical (unpaired) electrons. The second kappa shape index (κ2) is 12.7. The molecule has 0 bridgehead atoms. The first-order valence-electron chi connectivity index (χ1n) is 14.8. The third-order valence-electron chi connectivity index (χ3n) is 8.27. The predicted octanol–water partition coefficient (Wildman–Crippen LogP) is 5.33. The largest absolute Gasteiger partial charge is 0.491 e. The number of alkyl halides is 6. The Hall–Kier alpha value is -3.52. The Morgan fingerprint density at radius 3 is 2.07 bits per heavy atom. The van der Waals surface area contributed by atoms with E-state index in [0.29, 0.717) is 62.2 Å². The molecule has 2 saturated heterocycles. The molecule has 2 aromatic carbocycles. The van der Waals surface area contributed by atoms with Crippen molar-refractivity contribution in [2.24, 2.45) is 0 Å². The SMILES string of the molecule is CCCc1cc(C(O)(C(F)(F)F)C(F)(F)F)ccc1N1CCN(CCN2C(=O)NC(C)(c3ccc(OC(C)C)cc3)C2=O)CC1. The predicted molar refractivity (Wildman–Crippen MR) is 155 cm³/mol. The number of hydrogen-bond acceptors (Lipinski definition) is 6. The van der Waals surface area contributed by atoms with Crippen LogP contribution in [-0.2, 0) is 22.4 Å². The lowest BCUT2D eigenvalue weighted by atomic mass is 9.89. The Balaban J connectivity index is 1.40. The quantitative estimate of drug-likeness (QED) is 0.269. The van der Waals surface area contributed by atoms with Gasteiger partial charge < -0.3 is 20.1 Å². The van der Waals surface area contributed by atoms with E-state index in [0.717, 1.165) is 6.07 Å². The van der Waals surface area contributed by atoms with Gasteiger partial charge in [-0.05, 0) is 56.5 Å². The summed E-state index contributed by atoms with van der Waals surface area (Å²) in [5.74, 6) is 0.262. The molecule has 0 saturated carbocycles. The number of imide groups is 1. The molecule has 8 nitrogen and oxygen atoms in total. The summed E-state index contributed by atoms with van der Waals surface area (Å²) in [5, 5.41) is 12.7. The lowest BCUT2D eigenvalue weighted by molar-refractivity contribution is -0.376. The number of anilines is 1. The zero-order valence-corrected chi connectivity index (χ0v) is 25.6. The topological polar surface area (TPSA) is 85.3 Å². The van der Waals surface area contributed by atoms with E-state index in [9.17, 15) is 41.0 Å². The van der Waals surface area contributed by atoms with Crippen molar-refractivity contribution >= 4 is 17.6 Å². The molecule has 248 valence electrons. The van der Waals surface area contributed by atoms with Gasteiger partial charge in [0.1, 0.15) is 11.3 Å². The number of benzene rings is 2. The minimum absolute atomic E-state index is 0.0151. The fourth-order valence-corrected chi connectivity index (χ4v) is 5.77. The van der Waals surface area contributed by atoms with Crippen molar-refractivity contribution in [1.29, 1.82) is 0 Å². The van der Waals surface area contributed by atoms with E-state index in [4.69, 9.17) is 4.74 Å². The van der Waals surface area contributed by atoms with Crippen molar-refractivity contribution in [1.82, 2.24) is 15.1 Å². The fraction of sp³-hybridized carbons (Fsp3) is 0.548. The van der Waals surface area contributed by atoms with E-state index in [1.807, 2.05) is 23.6 Å². The van der Waals surface area contributed by atoms with Gasteiger partial charge in [0.15, 0.2) is 0 Å². The number of piperazine rings is 1. The number of hydrogen-bond donors (Lipinski definition) is 2. The molecule has 2 fully saturated rings. The van der Waals surface area contributed by atoms with Gasteiger partial charge >= 0.3 is 18.4 Å². The Bertz CT molecular complexity index is 1360. The zero-order chi connectivity index (χ0) is 33.4. The summed E-state index contributed by atoms with van der Waals surface area (Å²) in [7, 11) is 0. The number of aliphatic hydroxyl groups is 1. The number of halogens is 6. The Morgan fingerprint density at radius 2 is 1.53 bits per heavy atom. The van der Waals surface area contributed by atoms with Crippen LogP contribution in [0.25, 0.3) is 0 Å². The van der Waals surface area contributed by atoms with Crippen LogP contribution in [0.4, 0.5) is 36.8 Å². The standard InChI is InChI=1S/C31H38F6N4O4/c1-5-6-21-19-23(29(44,30(32,33)34)31(35,36)37)9-12-25(21)40-16-13-39(14-17-40)15-18-41-26(42)28(4,38-27(41)43)22-7-10-24(11-8-22)45-20(2)3/h7-12,19-20,44H,5-6,13-18H2,1-4H3,(H,38,43). The van der Waals surface area contributed by atoms with Gasteiger partial charge in [0.05, 0.1) is 6.10 Å². The summed E-state index contributed by atoms with van der Waals surface area (Å²) in [6, 6.07) is 9.14. The van der Waals surface area contributed by atoms with Crippen LogP contribution < -0.4 is 15.0 Å². The number of carbonyl (C=O) groups is 2. The van der Waals surface area contributed by atoms with Gasteiger partial charge in [-0.3, -0.25) is 14.6 Å². The maximum Gasteiger partial charge on any atom is 0.430 e. The molecule has 4 rings (SSSR count). The molecular weight excluding hydrogens is 606 g/mol. The highest BCUT2D eigenvalue weighted by molar-refractivity contribution is 6.07. The molecule has 1 atom stereocenters. The van der Waals surface area contributed by atoms with E-state index >= 15 is 0 Å². The van der Waals surface area contributed by atoms with Gasteiger partial charge in [-0.1, -0.05) is 37.6 Å². The van der Waals surface area contributed by atoms with Gasteiger partial charge in [0.2, 0.25) is 0 Å². The lowest BCUT2D eigenvalue weighted by Gasteiger charge is -2.38. The van der Waals surface area contributed by atoms with E-state index in [1.165, 1.54) is 11.0 Å². The fourth-order valence-electron chi connectivity index (χ4n) is 5.77. The van der Waals surface area contributed by atoms with Gasteiger partial charge in [-0.15, -0.1) is 0 Å². The van der Waals surface area contributed by atoms with Crippen molar-refractivity contribution in [2.45, 2.75) is 70.1 Å². The van der Waals surface area contributed by atoms with E-state index < -0.39 is 35.1 Å². The Kier molecular flexibility index (Phi) is 9.70. The molecule has 14 heteroatoms. The average Bonchev–Trinajstić information content (AvgIpc) is 3.18. The molecule has 45 heavy (non-hydrogen) atoms. The van der Waals surface area contributed by atoms with Crippen molar-refractivity contribution in [3.63, 3.8) is 0 Å². The van der Waals surface area contributed by atoms with Crippen LogP contribution in [0.1, 0.15) is 50.8 Å². The zero-order valence-electron chi connectivity index (χ0n) is 25.6. The normalized spacial score (nSPS) is 20.3. The smallest absolute Gasteiger partial charge is 0.430 e. The van der Waals surface area contributed by atoms with Crippen molar-refractivity contribution in [3.05, 3.63) is 59.2 Å². The highest BCUT2D eigenvalue weighted by Gasteiger charge is 2.71. The molecule has 2 aliphatic heterocycles. The first-order chi connectivity index (χ1) is 20.9. The summed E-state index contributed by atoms with van der Waals surface area (Å²) in [4.78, 5) is 31.2. The molecule has 2 aromatic rings. The number of rotatable bonds is 10. The van der Waals surface area contributed by atoms with Crippen LogP contribution in [-0.4, -0.2) is 84.6 Å². The van der Waals surface area contributed by atoms with Crippen molar-refractivity contribution in [2.75, 3.05) is 44.2 Å². The summed E-state index contributed by atoms with van der Waals surface area (Å²) < 4.78 is 86.5. The molecular formula is C31H38F6N4O4. The van der Waals surface area contributed by atoms with Crippen LogP contribution in [0.3, 0.4) is 0 Å².